The van der Waals surface area contributed by atoms with Crippen molar-refractivity contribution in [1.29, 1.82) is 0 Å². The number of nitrogens with one attached hydrogen (secondary N) is 1. The van der Waals surface area contributed by atoms with E-state index in [2.05, 4.69) is 31.1 Å². The average Bonchev–Trinajstić information content (AvgIpc) is 3.56. The highest BCUT2D eigenvalue weighted by Crippen LogP contribution is 2.30. The van der Waals surface area contributed by atoms with Crippen molar-refractivity contribution in [3.05, 3.63) is 99.0 Å². The molecule has 1 aromatic heterocycles. The Morgan fingerprint density at radius 2 is 1.69 bits per heavy atom. The molecule has 0 aliphatic heterocycles. The molecule has 0 spiro atoms. The molecule has 0 bridgehead atoms. The molecule has 0 saturated carbocycles. The fourth-order valence-electron chi connectivity index (χ4n) is 4.62. The van der Waals surface area contributed by atoms with Gasteiger partial charge in [0.2, 0.25) is 6.10 Å². The number of carbonyl (C=O) groups excluding carboxylic acids is 2. The predicted molar refractivity (Wildman–Crippen MR) is 200 cm³/mol. The second-order valence-electron chi connectivity index (χ2n) is 14.1. The topological polar surface area (TPSA) is 158 Å². The lowest BCUT2D eigenvalue weighted by Crippen LogP contribution is -2.35. The third kappa shape index (κ3) is 11.5. The molecule has 11 nitrogen and oxygen atoms in total. The number of rotatable bonds is 15. The quantitative estimate of drug-likeness (QED) is 0.115. The van der Waals surface area contributed by atoms with E-state index in [1.165, 1.54) is 41.7 Å². The van der Waals surface area contributed by atoms with Crippen LogP contribution in [0.2, 0.25) is 5.02 Å². The zero-order valence-corrected chi connectivity index (χ0v) is 32.3. The van der Waals surface area contributed by atoms with Gasteiger partial charge in [0.15, 0.2) is 9.84 Å². The number of ether oxygens (including phenoxy) is 3. The number of aryl methyl sites for hydroxylation is 1. The van der Waals surface area contributed by atoms with Crippen molar-refractivity contribution < 1.29 is 42.1 Å². The molecule has 4 rings (SSSR count). The fraction of sp³-hybridized carbons (Fsp3) is 0.368. The first kappa shape index (κ1) is 40.3. The van der Waals surface area contributed by atoms with Crippen LogP contribution >= 0.6 is 22.9 Å². The number of hydrogen-bond donors (Lipinski definition) is 2. The van der Waals surface area contributed by atoms with Crippen LogP contribution in [0.3, 0.4) is 0 Å². The van der Waals surface area contributed by atoms with Crippen LogP contribution in [0, 0.1) is 5.41 Å². The third-order valence-corrected chi connectivity index (χ3v) is 10.5. The van der Waals surface area contributed by atoms with Crippen LogP contribution in [0.5, 0.6) is 11.5 Å². The van der Waals surface area contributed by atoms with Crippen molar-refractivity contribution in [1.82, 2.24) is 4.98 Å². The molecular formula is C38H43ClN2O9S2. The molecule has 1 heterocycles. The van der Waals surface area contributed by atoms with E-state index in [4.69, 9.17) is 25.8 Å². The van der Waals surface area contributed by atoms with Gasteiger partial charge in [-0.25, -0.2) is 18.2 Å². The van der Waals surface area contributed by atoms with E-state index >= 15 is 0 Å². The number of carboxylic acids is 1. The zero-order chi connectivity index (χ0) is 38.3. The number of carbonyl (C=O) groups is 3. The highest BCUT2D eigenvalue weighted by molar-refractivity contribution is 7.91. The van der Waals surface area contributed by atoms with Crippen molar-refractivity contribution in [2.75, 3.05) is 17.7 Å². The van der Waals surface area contributed by atoms with E-state index in [1.54, 1.807) is 57.2 Å². The summed E-state index contributed by atoms with van der Waals surface area (Å²) in [5.41, 5.74) is 1.06. The highest BCUT2D eigenvalue weighted by Gasteiger charge is 2.28. The first-order valence-electron chi connectivity index (χ1n) is 16.5. The number of carboxylic acid groups (broad SMARTS) is 1. The summed E-state index contributed by atoms with van der Waals surface area (Å²) in [6.45, 7) is 10.8. The second-order valence-corrected chi connectivity index (χ2v) is 17.6. The summed E-state index contributed by atoms with van der Waals surface area (Å²) in [6.07, 6.45) is -1.01. The van der Waals surface area contributed by atoms with E-state index in [9.17, 15) is 27.9 Å². The Kier molecular flexibility index (Phi) is 13.1. The van der Waals surface area contributed by atoms with Crippen LogP contribution < -0.4 is 14.8 Å². The number of aliphatic carboxylic acids is 1. The summed E-state index contributed by atoms with van der Waals surface area (Å²) in [6, 6.07) is 17.2. The number of hydrogen-bond acceptors (Lipinski definition) is 10. The van der Waals surface area contributed by atoms with Gasteiger partial charge in [-0.1, -0.05) is 44.5 Å². The molecule has 0 aliphatic carbocycles. The number of benzene rings is 3. The Morgan fingerprint density at radius 3 is 2.33 bits per heavy atom. The largest absolute Gasteiger partial charge is 0.486 e. The molecule has 14 heteroatoms. The standard InChI is InChI=1S/C38H43ClN2O9S2/c1-37(2,3)32-23-51-33(41-32)22-48-27-11-7-10-25(20-27)34(42)40-29-19-24(9-8-18-52(46,47)28-15-13-26(39)14-16-28)12-17-30(29)50-31(35(43)44)21-49-36(45)38(4,5)6/h7,10-17,19-20,23,31H,8-9,18,21-22H2,1-6H3,(H,40,42)(H,43,44). The Morgan fingerprint density at radius 1 is 0.981 bits per heavy atom. The number of halogens is 1. The van der Waals surface area contributed by atoms with E-state index < -0.39 is 45.8 Å². The smallest absolute Gasteiger partial charge is 0.348 e. The van der Waals surface area contributed by atoms with E-state index in [-0.39, 0.29) is 46.1 Å². The molecule has 0 radical (unpaired) electrons. The van der Waals surface area contributed by atoms with Gasteiger partial charge in [-0.2, -0.15) is 0 Å². The monoisotopic (exact) mass is 770 g/mol. The Balaban J connectivity index is 1.53. The van der Waals surface area contributed by atoms with Gasteiger partial charge in [0, 0.05) is 21.4 Å². The van der Waals surface area contributed by atoms with Crippen LogP contribution in [0.15, 0.2) is 77.0 Å². The lowest BCUT2D eigenvalue weighted by molar-refractivity contribution is -0.160. The molecule has 0 aliphatic rings. The van der Waals surface area contributed by atoms with Crippen LogP contribution in [0.4, 0.5) is 5.69 Å². The van der Waals surface area contributed by atoms with Crippen LogP contribution in [-0.2, 0) is 42.6 Å². The summed E-state index contributed by atoms with van der Waals surface area (Å²) in [4.78, 5) is 42.9. The first-order valence-corrected chi connectivity index (χ1v) is 19.4. The van der Waals surface area contributed by atoms with Gasteiger partial charge < -0.3 is 24.6 Å². The molecule has 2 N–H and O–H groups in total. The van der Waals surface area contributed by atoms with Crippen molar-refractivity contribution in [2.45, 2.75) is 77.4 Å². The fourth-order valence-corrected chi connectivity index (χ4v) is 6.99. The first-order chi connectivity index (χ1) is 24.3. The number of nitrogens with zero attached hydrogens (tertiary/aromatic N) is 1. The van der Waals surface area contributed by atoms with Crippen LogP contribution in [0.1, 0.15) is 74.6 Å². The minimum absolute atomic E-state index is 0.0101. The number of aromatic nitrogens is 1. The third-order valence-electron chi connectivity index (χ3n) is 7.64. The summed E-state index contributed by atoms with van der Waals surface area (Å²) in [5, 5.41) is 15.9. The predicted octanol–water partition coefficient (Wildman–Crippen LogP) is 7.75. The maximum absolute atomic E-state index is 13.6. The van der Waals surface area contributed by atoms with Crippen LogP contribution in [-0.4, -0.2) is 54.8 Å². The maximum Gasteiger partial charge on any atom is 0.348 e. The summed E-state index contributed by atoms with van der Waals surface area (Å²) in [7, 11) is -3.58. The number of anilines is 1. The van der Waals surface area contributed by atoms with Gasteiger partial charge in [-0.05, 0) is 93.8 Å². The molecule has 4 aromatic rings. The molecule has 1 amide bonds. The number of esters is 1. The van der Waals surface area contributed by atoms with Crippen LogP contribution in [0.25, 0.3) is 0 Å². The Bertz CT molecular complexity index is 2000. The van der Waals surface area contributed by atoms with Gasteiger partial charge in [0.1, 0.15) is 29.7 Å². The lowest BCUT2D eigenvalue weighted by atomic mass is 9.93. The highest BCUT2D eigenvalue weighted by atomic mass is 35.5. The molecular weight excluding hydrogens is 728 g/mol. The molecule has 3 aromatic carbocycles. The Hall–Kier alpha value is -4.46. The van der Waals surface area contributed by atoms with Gasteiger partial charge in [0.05, 0.1) is 27.4 Å². The minimum Gasteiger partial charge on any atom is -0.486 e. The summed E-state index contributed by atoms with van der Waals surface area (Å²) < 4.78 is 42.7. The summed E-state index contributed by atoms with van der Waals surface area (Å²) in [5.74, 6) is -2.20. The number of amides is 1. The normalized spacial score (nSPS) is 12.5. The van der Waals surface area contributed by atoms with Crippen molar-refractivity contribution in [3.8, 4) is 11.5 Å². The zero-order valence-electron chi connectivity index (χ0n) is 29.9. The molecule has 1 atom stereocenters. The van der Waals surface area contributed by atoms with Crippen molar-refractivity contribution in [2.24, 2.45) is 5.41 Å². The SMILES string of the molecule is CC(C)(C)C(=O)OCC(Oc1ccc(CCCS(=O)(=O)c2ccc(Cl)cc2)cc1NC(=O)c1cccc(OCc2nc(C(C)(C)C)cs2)c1)C(=O)O. The minimum atomic E-state index is -3.58. The van der Waals surface area contributed by atoms with E-state index in [0.717, 1.165) is 10.7 Å². The molecule has 1 unspecified atom stereocenters. The van der Waals surface area contributed by atoms with Gasteiger partial charge in [-0.15, -0.1) is 11.3 Å². The molecule has 278 valence electrons. The van der Waals surface area contributed by atoms with E-state index in [0.29, 0.717) is 22.8 Å². The van der Waals surface area contributed by atoms with Gasteiger partial charge in [-0.3, -0.25) is 9.59 Å². The maximum atomic E-state index is 13.6. The molecule has 0 saturated heterocycles. The van der Waals surface area contributed by atoms with Crippen molar-refractivity contribution in [3.63, 3.8) is 0 Å². The Labute approximate surface area is 313 Å². The second kappa shape index (κ2) is 16.9. The number of thiazole rings is 1. The van der Waals surface area contributed by atoms with Crippen molar-refractivity contribution >= 4 is 56.3 Å². The van der Waals surface area contributed by atoms with E-state index in [1.807, 2.05) is 5.38 Å². The lowest BCUT2D eigenvalue weighted by Gasteiger charge is -2.21. The van der Waals surface area contributed by atoms with Gasteiger partial charge in [0.25, 0.3) is 5.91 Å². The van der Waals surface area contributed by atoms with Gasteiger partial charge >= 0.3 is 11.9 Å². The molecule has 52 heavy (non-hydrogen) atoms. The average molecular weight is 771 g/mol. The number of sulfone groups is 1. The summed E-state index contributed by atoms with van der Waals surface area (Å²) >= 11 is 7.40. The molecule has 0 fully saturated rings.